The molecule has 0 saturated heterocycles. The zero-order chi connectivity index (χ0) is 13.4. The second-order valence-corrected chi connectivity index (χ2v) is 4.93. The molecule has 0 aliphatic heterocycles. The molecule has 6 nitrogen and oxygen atoms in total. The van der Waals surface area contributed by atoms with Crippen molar-refractivity contribution in [3.63, 3.8) is 0 Å². The molecular formula is C11H20N4O2S. The Kier molecular flexibility index (Phi) is 6.74. The lowest BCUT2D eigenvalue weighted by atomic mass is 10.2. The average molecular weight is 272 g/mol. The van der Waals surface area contributed by atoms with Crippen molar-refractivity contribution in [3.05, 3.63) is 5.82 Å². The van der Waals surface area contributed by atoms with Crippen molar-refractivity contribution in [3.8, 4) is 0 Å². The van der Waals surface area contributed by atoms with Gasteiger partial charge in [-0.05, 0) is 26.3 Å². The van der Waals surface area contributed by atoms with E-state index in [0.29, 0.717) is 11.6 Å². The largest absolute Gasteiger partial charge is 0.468 e. The molecule has 102 valence electrons. The third-order valence-corrected chi connectivity index (χ3v) is 3.22. The van der Waals surface area contributed by atoms with Crippen molar-refractivity contribution in [1.29, 1.82) is 0 Å². The van der Waals surface area contributed by atoms with Crippen molar-refractivity contribution in [2.45, 2.75) is 37.9 Å². The number of nitrogens with one attached hydrogen (secondary N) is 2. The Balaban J connectivity index is 2.34. The normalized spacial score (nSPS) is 12.4. The van der Waals surface area contributed by atoms with E-state index in [1.54, 1.807) is 0 Å². The van der Waals surface area contributed by atoms with Gasteiger partial charge in [-0.25, -0.2) is 4.98 Å². The van der Waals surface area contributed by atoms with Crippen LogP contribution < -0.4 is 5.32 Å². The Hall–Kier alpha value is -1.08. The van der Waals surface area contributed by atoms with E-state index in [-0.39, 0.29) is 12.0 Å². The Morgan fingerprint density at radius 2 is 2.39 bits per heavy atom. The number of methoxy groups -OCH3 is 1. The first kappa shape index (κ1) is 15.0. The summed E-state index contributed by atoms with van der Waals surface area (Å²) in [6.45, 7) is 4.73. The lowest BCUT2D eigenvalue weighted by Crippen LogP contribution is -2.38. The number of nitrogens with zero attached hydrogens (tertiary/aromatic N) is 2. The lowest BCUT2D eigenvalue weighted by molar-refractivity contribution is -0.143. The zero-order valence-electron chi connectivity index (χ0n) is 11.0. The van der Waals surface area contributed by atoms with Gasteiger partial charge in [0.1, 0.15) is 11.9 Å². The van der Waals surface area contributed by atoms with Gasteiger partial charge in [0.05, 0.1) is 7.11 Å². The predicted octanol–water partition coefficient (Wildman–Crippen LogP) is 1.14. The van der Waals surface area contributed by atoms with E-state index in [1.807, 2.05) is 6.92 Å². The van der Waals surface area contributed by atoms with Gasteiger partial charge in [-0.15, -0.1) is 5.10 Å². The van der Waals surface area contributed by atoms with Gasteiger partial charge >= 0.3 is 5.97 Å². The monoisotopic (exact) mass is 272 g/mol. The number of H-pyrrole nitrogens is 1. The van der Waals surface area contributed by atoms with E-state index in [1.165, 1.54) is 18.9 Å². The molecule has 1 aromatic heterocycles. The summed E-state index contributed by atoms with van der Waals surface area (Å²) in [7, 11) is 1.41. The molecule has 1 rings (SSSR count). The van der Waals surface area contributed by atoms with Gasteiger partial charge in [0.2, 0.25) is 5.16 Å². The summed E-state index contributed by atoms with van der Waals surface area (Å²) >= 11 is 1.53. The molecule has 0 aromatic carbocycles. The maximum absolute atomic E-state index is 11.5. The quantitative estimate of drug-likeness (QED) is 0.545. The highest BCUT2D eigenvalue weighted by Crippen LogP contribution is 2.14. The number of esters is 1. The summed E-state index contributed by atoms with van der Waals surface area (Å²) in [4.78, 5) is 15.7. The number of rotatable bonds is 8. The SMILES string of the molecule is CCCNC(CCSc1n[nH]c(C)n1)C(=O)OC. The average Bonchev–Trinajstić information content (AvgIpc) is 2.78. The minimum absolute atomic E-state index is 0.213. The first-order chi connectivity index (χ1) is 8.67. The molecule has 2 N–H and O–H groups in total. The molecule has 0 aliphatic rings. The summed E-state index contributed by atoms with van der Waals surface area (Å²) in [5, 5.41) is 10.7. The number of carbonyl (C=O) groups excluding carboxylic acids is 1. The van der Waals surface area contributed by atoms with E-state index in [2.05, 4.69) is 27.4 Å². The summed E-state index contributed by atoms with van der Waals surface area (Å²) in [5.74, 6) is 1.36. The molecule has 18 heavy (non-hydrogen) atoms. The van der Waals surface area contributed by atoms with E-state index >= 15 is 0 Å². The van der Waals surface area contributed by atoms with Gasteiger partial charge in [-0.3, -0.25) is 9.89 Å². The number of aromatic amines is 1. The van der Waals surface area contributed by atoms with Crippen LogP contribution in [0.4, 0.5) is 0 Å². The molecule has 0 fully saturated rings. The fourth-order valence-electron chi connectivity index (χ4n) is 1.42. The van der Waals surface area contributed by atoms with Crippen LogP contribution in [0.25, 0.3) is 0 Å². The van der Waals surface area contributed by atoms with Crippen molar-refractivity contribution >= 4 is 17.7 Å². The van der Waals surface area contributed by atoms with Crippen LogP contribution in [-0.4, -0.2) is 46.6 Å². The van der Waals surface area contributed by atoms with Crippen molar-refractivity contribution in [1.82, 2.24) is 20.5 Å². The van der Waals surface area contributed by atoms with Gasteiger partial charge in [0.15, 0.2) is 0 Å². The van der Waals surface area contributed by atoms with Crippen molar-refractivity contribution in [2.24, 2.45) is 0 Å². The number of carbonyl (C=O) groups is 1. The van der Waals surface area contributed by atoms with E-state index in [0.717, 1.165) is 24.5 Å². The molecule has 0 saturated carbocycles. The van der Waals surface area contributed by atoms with Gasteiger partial charge in [0.25, 0.3) is 0 Å². The lowest BCUT2D eigenvalue weighted by Gasteiger charge is -2.15. The molecular weight excluding hydrogens is 252 g/mol. The summed E-state index contributed by atoms with van der Waals surface area (Å²) in [5.41, 5.74) is 0. The Morgan fingerprint density at radius 3 is 2.94 bits per heavy atom. The Bertz CT molecular complexity index is 370. The van der Waals surface area contributed by atoms with Crippen LogP contribution in [0.2, 0.25) is 0 Å². The zero-order valence-corrected chi connectivity index (χ0v) is 11.8. The fraction of sp³-hybridized carbons (Fsp3) is 0.727. The summed E-state index contributed by atoms with van der Waals surface area (Å²) < 4.78 is 4.77. The smallest absolute Gasteiger partial charge is 0.322 e. The first-order valence-corrected chi connectivity index (χ1v) is 6.99. The fourth-order valence-corrected chi connectivity index (χ4v) is 2.27. The molecule has 7 heteroatoms. The van der Waals surface area contributed by atoms with Crippen LogP contribution in [0.1, 0.15) is 25.6 Å². The van der Waals surface area contributed by atoms with Gasteiger partial charge in [0, 0.05) is 5.75 Å². The number of aryl methyl sites for hydroxylation is 1. The molecule has 1 aromatic rings. The summed E-state index contributed by atoms with van der Waals surface area (Å²) in [6, 6.07) is -0.248. The third kappa shape index (κ3) is 5.05. The van der Waals surface area contributed by atoms with Crippen molar-refractivity contribution in [2.75, 3.05) is 19.4 Å². The molecule has 1 atom stereocenters. The van der Waals surface area contributed by atoms with Crippen LogP contribution >= 0.6 is 11.8 Å². The van der Waals surface area contributed by atoms with Crippen LogP contribution in [-0.2, 0) is 9.53 Å². The van der Waals surface area contributed by atoms with E-state index < -0.39 is 0 Å². The van der Waals surface area contributed by atoms with E-state index in [4.69, 9.17) is 4.74 Å². The van der Waals surface area contributed by atoms with Gasteiger partial charge in [-0.1, -0.05) is 18.7 Å². The van der Waals surface area contributed by atoms with Crippen LogP contribution in [0.5, 0.6) is 0 Å². The van der Waals surface area contributed by atoms with Crippen molar-refractivity contribution < 1.29 is 9.53 Å². The number of thioether (sulfide) groups is 1. The number of ether oxygens (including phenoxy) is 1. The molecule has 1 unspecified atom stereocenters. The molecule has 0 bridgehead atoms. The minimum Gasteiger partial charge on any atom is -0.468 e. The maximum Gasteiger partial charge on any atom is 0.322 e. The van der Waals surface area contributed by atoms with Crippen LogP contribution in [0, 0.1) is 6.92 Å². The van der Waals surface area contributed by atoms with Crippen LogP contribution in [0.3, 0.4) is 0 Å². The topological polar surface area (TPSA) is 79.9 Å². The number of aromatic nitrogens is 3. The minimum atomic E-state index is -0.248. The third-order valence-electron chi connectivity index (χ3n) is 2.34. The number of hydrogen-bond donors (Lipinski definition) is 2. The highest BCUT2D eigenvalue weighted by atomic mass is 32.2. The maximum atomic E-state index is 11.5. The summed E-state index contributed by atoms with van der Waals surface area (Å²) in [6.07, 6.45) is 1.69. The van der Waals surface area contributed by atoms with E-state index in [9.17, 15) is 4.79 Å². The molecule has 0 radical (unpaired) electrons. The highest BCUT2D eigenvalue weighted by molar-refractivity contribution is 7.99. The molecule has 1 heterocycles. The second kappa shape index (κ2) is 8.10. The Morgan fingerprint density at radius 1 is 1.61 bits per heavy atom. The molecule has 0 amide bonds. The first-order valence-electron chi connectivity index (χ1n) is 6.00. The van der Waals surface area contributed by atoms with Gasteiger partial charge < -0.3 is 10.1 Å². The molecule has 0 spiro atoms. The Labute approximate surface area is 111 Å². The highest BCUT2D eigenvalue weighted by Gasteiger charge is 2.18. The number of hydrogen-bond acceptors (Lipinski definition) is 6. The standard InChI is InChI=1S/C11H20N4O2S/c1-4-6-12-9(10(16)17-3)5-7-18-11-13-8(2)14-15-11/h9,12H,4-7H2,1-3H3,(H,13,14,15). The predicted molar refractivity (Wildman–Crippen MR) is 70.6 cm³/mol. The van der Waals surface area contributed by atoms with Crippen LogP contribution in [0.15, 0.2) is 5.16 Å². The molecule has 0 aliphatic carbocycles. The second-order valence-electron chi connectivity index (χ2n) is 3.87. The van der Waals surface area contributed by atoms with Gasteiger partial charge in [-0.2, -0.15) is 0 Å².